The summed E-state index contributed by atoms with van der Waals surface area (Å²) in [6.07, 6.45) is 25.1. The summed E-state index contributed by atoms with van der Waals surface area (Å²) in [5.41, 5.74) is 1.43. The first-order valence-corrected chi connectivity index (χ1v) is 13.1. The number of aryl methyl sites for hydroxylation is 1. The number of nitrogens with zero attached hydrogens (tertiary/aromatic N) is 2. The van der Waals surface area contributed by atoms with E-state index in [4.69, 9.17) is 0 Å². The summed E-state index contributed by atoms with van der Waals surface area (Å²) >= 11 is 0. The van der Waals surface area contributed by atoms with Crippen molar-refractivity contribution >= 4 is 6.08 Å². The Labute approximate surface area is 200 Å². The molecule has 0 unspecified atom stereocenters. The molecule has 0 bridgehead atoms. The standard InChI is InChI=1S/C29H42F2N2/c1-3-5-7-9-11-13-14-16-18-24-22-32-29(33-23-24)26-21-20-25(27(30)28(26)31)19-17-15-12-10-8-6-4-2/h17,19-23H,3-16,18H2,1-2H3. The molecule has 2 nitrogen and oxygen atoms in total. The number of unbranched alkanes of at least 4 members (excludes halogenated alkanes) is 12. The Morgan fingerprint density at radius 3 is 1.91 bits per heavy atom. The van der Waals surface area contributed by atoms with Crippen LogP contribution >= 0.6 is 0 Å². The molecule has 0 atom stereocenters. The Morgan fingerprint density at radius 2 is 1.27 bits per heavy atom. The maximum atomic E-state index is 14.7. The number of hydrogen-bond donors (Lipinski definition) is 0. The van der Waals surface area contributed by atoms with E-state index >= 15 is 0 Å². The van der Waals surface area contributed by atoms with E-state index in [0.717, 1.165) is 31.2 Å². The summed E-state index contributed by atoms with van der Waals surface area (Å²) < 4.78 is 29.2. The van der Waals surface area contributed by atoms with Crippen LogP contribution in [0.4, 0.5) is 8.78 Å². The van der Waals surface area contributed by atoms with Gasteiger partial charge in [0.2, 0.25) is 0 Å². The van der Waals surface area contributed by atoms with Gasteiger partial charge in [-0.05, 0) is 37.3 Å². The van der Waals surface area contributed by atoms with Crippen molar-refractivity contribution in [2.45, 2.75) is 110 Å². The van der Waals surface area contributed by atoms with Gasteiger partial charge in [-0.25, -0.2) is 18.7 Å². The zero-order valence-electron chi connectivity index (χ0n) is 20.7. The zero-order chi connectivity index (χ0) is 23.7. The van der Waals surface area contributed by atoms with Crippen molar-refractivity contribution in [1.29, 1.82) is 0 Å². The minimum absolute atomic E-state index is 0.114. The molecule has 182 valence electrons. The van der Waals surface area contributed by atoms with Crippen molar-refractivity contribution in [3.63, 3.8) is 0 Å². The highest BCUT2D eigenvalue weighted by Gasteiger charge is 2.15. The van der Waals surface area contributed by atoms with Gasteiger partial charge in [0.25, 0.3) is 0 Å². The number of benzene rings is 1. The molecule has 0 N–H and O–H groups in total. The number of allylic oxidation sites excluding steroid dienone is 1. The van der Waals surface area contributed by atoms with Gasteiger partial charge >= 0.3 is 0 Å². The van der Waals surface area contributed by atoms with E-state index in [-0.39, 0.29) is 17.0 Å². The maximum absolute atomic E-state index is 14.7. The summed E-state index contributed by atoms with van der Waals surface area (Å²) in [5, 5.41) is 0. The fourth-order valence-electron chi connectivity index (χ4n) is 4.03. The van der Waals surface area contributed by atoms with Crippen LogP contribution in [0.25, 0.3) is 17.5 Å². The lowest BCUT2D eigenvalue weighted by Gasteiger charge is -2.07. The van der Waals surface area contributed by atoms with Crippen molar-refractivity contribution in [2.75, 3.05) is 0 Å². The molecule has 0 aliphatic rings. The van der Waals surface area contributed by atoms with Gasteiger partial charge in [-0.2, -0.15) is 0 Å². The number of rotatable bonds is 17. The second-order valence-corrected chi connectivity index (χ2v) is 9.08. The maximum Gasteiger partial charge on any atom is 0.170 e. The van der Waals surface area contributed by atoms with Crippen molar-refractivity contribution in [2.24, 2.45) is 0 Å². The SMILES string of the molecule is CCCCCCCC=Cc1ccc(-c2ncc(CCCCCCCCCC)cn2)c(F)c1F. The number of halogens is 2. The fourth-order valence-corrected chi connectivity index (χ4v) is 4.03. The van der Waals surface area contributed by atoms with E-state index in [1.807, 2.05) is 6.08 Å². The van der Waals surface area contributed by atoms with Crippen molar-refractivity contribution in [3.8, 4) is 11.4 Å². The first-order chi connectivity index (χ1) is 16.2. The van der Waals surface area contributed by atoms with Crippen LogP contribution in [0.1, 0.15) is 115 Å². The molecule has 0 radical (unpaired) electrons. The molecule has 0 saturated carbocycles. The van der Waals surface area contributed by atoms with Crippen LogP contribution in [0.2, 0.25) is 0 Å². The predicted octanol–water partition coefficient (Wildman–Crippen LogP) is 9.48. The molecule has 0 amide bonds. The third-order valence-corrected chi connectivity index (χ3v) is 6.15. The Bertz CT molecular complexity index is 815. The second-order valence-electron chi connectivity index (χ2n) is 9.08. The Hall–Kier alpha value is -2.10. The molecular formula is C29H42F2N2. The average Bonchev–Trinajstić information content (AvgIpc) is 2.83. The van der Waals surface area contributed by atoms with Crippen LogP contribution in [0.3, 0.4) is 0 Å². The van der Waals surface area contributed by atoms with Gasteiger partial charge in [0.05, 0.1) is 5.56 Å². The van der Waals surface area contributed by atoms with E-state index in [9.17, 15) is 8.78 Å². The second kappa shape index (κ2) is 16.5. The molecule has 0 fully saturated rings. The predicted molar refractivity (Wildman–Crippen MR) is 136 cm³/mol. The van der Waals surface area contributed by atoms with Gasteiger partial charge in [0.1, 0.15) is 0 Å². The van der Waals surface area contributed by atoms with Crippen LogP contribution in [0.15, 0.2) is 30.6 Å². The monoisotopic (exact) mass is 456 g/mol. The van der Waals surface area contributed by atoms with Crippen LogP contribution in [-0.2, 0) is 6.42 Å². The topological polar surface area (TPSA) is 25.8 Å². The highest BCUT2D eigenvalue weighted by molar-refractivity contribution is 5.61. The molecule has 33 heavy (non-hydrogen) atoms. The third kappa shape index (κ3) is 10.1. The lowest BCUT2D eigenvalue weighted by molar-refractivity contribution is 0.509. The van der Waals surface area contributed by atoms with Crippen molar-refractivity contribution in [3.05, 3.63) is 53.4 Å². The molecule has 2 rings (SSSR count). The lowest BCUT2D eigenvalue weighted by atomic mass is 10.1. The van der Waals surface area contributed by atoms with Crippen LogP contribution in [-0.4, -0.2) is 9.97 Å². The highest BCUT2D eigenvalue weighted by Crippen LogP contribution is 2.25. The number of hydrogen-bond acceptors (Lipinski definition) is 2. The van der Waals surface area contributed by atoms with E-state index in [2.05, 4.69) is 23.8 Å². The lowest BCUT2D eigenvalue weighted by Crippen LogP contribution is -1.98. The average molecular weight is 457 g/mol. The summed E-state index contributed by atoms with van der Waals surface area (Å²) in [5.74, 6) is -1.48. The smallest absolute Gasteiger partial charge is 0.170 e. The molecule has 0 spiro atoms. The quantitative estimate of drug-likeness (QED) is 0.221. The Morgan fingerprint density at radius 1 is 0.697 bits per heavy atom. The fraction of sp³-hybridized carbons (Fsp3) is 0.586. The molecule has 0 aliphatic carbocycles. The van der Waals surface area contributed by atoms with E-state index < -0.39 is 11.6 Å². The van der Waals surface area contributed by atoms with Gasteiger partial charge in [0.15, 0.2) is 17.5 Å². The Kier molecular flexibility index (Phi) is 13.6. The summed E-state index contributed by atoms with van der Waals surface area (Å²) in [6.45, 7) is 4.43. The first kappa shape index (κ1) is 27.1. The van der Waals surface area contributed by atoms with Crippen molar-refractivity contribution in [1.82, 2.24) is 9.97 Å². The van der Waals surface area contributed by atoms with E-state index in [0.29, 0.717) is 0 Å². The molecule has 1 aromatic heterocycles. The third-order valence-electron chi connectivity index (χ3n) is 6.15. The van der Waals surface area contributed by atoms with E-state index in [1.54, 1.807) is 30.6 Å². The van der Waals surface area contributed by atoms with Gasteiger partial charge < -0.3 is 0 Å². The van der Waals surface area contributed by atoms with Gasteiger partial charge in [-0.15, -0.1) is 0 Å². The van der Waals surface area contributed by atoms with Crippen molar-refractivity contribution < 1.29 is 8.78 Å². The van der Waals surface area contributed by atoms with Gasteiger partial charge in [-0.3, -0.25) is 0 Å². The largest absolute Gasteiger partial charge is 0.236 e. The van der Waals surface area contributed by atoms with Gasteiger partial charge in [-0.1, -0.05) is 103 Å². The van der Waals surface area contributed by atoms with Crippen LogP contribution in [0, 0.1) is 11.6 Å². The summed E-state index contributed by atoms with van der Waals surface area (Å²) in [7, 11) is 0. The molecule has 0 saturated heterocycles. The molecule has 1 heterocycles. The Balaban J connectivity index is 1.82. The molecule has 2 aromatic rings. The number of aromatic nitrogens is 2. The molecule has 1 aromatic carbocycles. The van der Waals surface area contributed by atoms with Crippen LogP contribution in [0.5, 0.6) is 0 Å². The van der Waals surface area contributed by atoms with Crippen LogP contribution < -0.4 is 0 Å². The first-order valence-electron chi connectivity index (χ1n) is 13.1. The highest BCUT2D eigenvalue weighted by atomic mass is 19.2. The minimum atomic E-state index is -0.879. The van der Waals surface area contributed by atoms with E-state index in [1.165, 1.54) is 70.6 Å². The zero-order valence-corrected chi connectivity index (χ0v) is 20.7. The molecule has 0 aliphatic heterocycles. The minimum Gasteiger partial charge on any atom is -0.236 e. The summed E-state index contributed by atoms with van der Waals surface area (Å²) in [6, 6.07) is 3.19. The molecular weight excluding hydrogens is 414 g/mol. The van der Waals surface area contributed by atoms with Gasteiger partial charge in [0, 0.05) is 18.0 Å². The summed E-state index contributed by atoms with van der Waals surface area (Å²) in [4.78, 5) is 8.61. The normalized spacial score (nSPS) is 11.5. The molecule has 4 heteroatoms.